The molecule has 0 aromatic carbocycles. The van der Waals surface area contributed by atoms with Crippen LogP contribution in [-0.2, 0) is 61.9 Å². The van der Waals surface area contributed by atoms with Crippen LogP contribution in [0.25, 0.3) is 0 Å². The Hall–Kier alpha value is -4.23. The summed E-state index contributed by atoms with van der Waals surface area (Å²) in [6.07, 6.45) is 2.29. The van der Waals surface area contributed by atoms with E-state index in [1.165, 1.54) is 46.3 Å². The van der Waals surface area contributed by atoms with Crippen LogP contribution in [0.5, 0.6) is 0 Å². The zero-order valence-corrected chi connectivity index (χ0v) is 39.6. The second kappa shape index (κ2) is 24.0. The molecule has 0 saturated carbocycles. The monoisotopic (exact) mass is 920 g/mol. The molecule has 3 heterocycles. The normalized spacial score (nSPS) is 30.9. The number of carbonyl (C=O) groups is 5. The molecule has 0 spiro atoms. The van der Waals surface area contributed by atoms with Gasteiger partial charge in [0, 0.05) is 56.3 Å². The molecule has 0 amide bonds. The lowest BCUT2D eigenvalue weighted by Crippen LogP contribution is -2.62. The van der Waals surface area contributed by atoms with Crippen LogP contribution in [0.4, 0.5) is 0 Å². The lowest BCUT2D eigenvalue weighted by atomic mass is 9.70. The number of hydrogen-bond acceptors (Lipinski definition) is 17. The van der Waals surface area contributed by atoms with Gasteiger partial charge in [0.25, 0.3) is 0 Å². The highest BCUT2D eigenvalue weighted by molar-refractivity contribution is 5.84. The number of methoxy groups -OCH3 is 2. The number of carbonyl (C=O) groups excluding carboxylic acids is 5. The van der Waals surface area contributed by atoms with E-state index in [9.17, 15) is 44.4 Å². The van der Waals surface area contributed by atoms with Crippen LogP contribution >= 0.6 is 0 Å². The predicted octanol–water partition coefficient (Wildman–Crippen LogP) is 4.92. The van der Waals surface area contributed by atoms with E-state index in [0.717, 1.165) is 24.5 Å². The minimum atomic E-state index is -2.22. The molecule has 0 aromatic heterocycles. The Morgan fingerprint density at radius 3 is 2.14 bits per heavy atom. The van der Waals surface area contributed by atoms with Gasteiger partial charge in [0.15, 0.2) is 11.9 Å². The molecule has 3 saturated heterocycles. The van der Waals surface area contributed by atoms with Crippen LogP contribution in [0, 0.1) is 10.8 Å². The first kappa shape index (κ1) is 55.1. The summed E-state index contributed by atoms with van der Waals surface area (Å²) >= 11 is 0. The van der Waals surface area contributed by atoms with Crippen molar-refractivity contribution in [3.8, 4) is 0 Å². The summed E-state index contributed by atoms with van der Waals surface area (Å²) in [6.45, 7) is 16.8. The molecule has 3 aliphatic heterocycles. The first-order chi connectivity index (χ1) is 30.3. The maximum absolute atomic E-state index is 13.4. The molecule has 0 bridgehead atoms. The van der Waals surface area contributed by atoms with E-state index in [0.29, 0.717) is 6.42 Å². The Morgan fingerprint density at radius 2 is 1.55 bits per heavy atom. The highest BCUT2D eigenvalue weighted by atomic mass is 16.7. The summed E-state index contributed by atoms with van der Waals surface area (Å²) in [7, 11) is 2.44. The summed E-state index contributed by atoms with van der Waals surface area (Å²) in [5.74, 6) is -7.84. The van der Waals surface area contributed by atoms with E-state index in [1.807, 2.05) is 13.0 Å². The summed E-state index contributed by atoms with van der Waals surface area (Å²) < 4.78 is 45.5. The quantitative estimate of drug-likeness (QED) is 0.0442. The molecule has 0 radical (unpaired) electrons. The van der Waals surface area contributed by atoms with Crippen molar-refractivity contribution < 1.29 is 82.3 Å². The maximum atomic E-state index is 13.4. The molecule has 4 N–H and O–H groups in total. The van der Waals surface area contributed by atoms with Crippen LogP contribution in [0.1, 0.15) is 120 Å². The van der Waals surface area contributed by atoms with Gasteiger partial charge in [0.05, 0.1) is 62.7 Å². The molecule has 3 rings (SSSR count). The number of hydrogen-bond donors (Lipinski definition) is 4. The minimum absolute atomic E-state index is 0.0608. The Bertz CT molecular complexity index is 1790. The third-order valence-electron chi connectivity index (χ3n) is 12.1. The highest BCUT2D eigenvalue weighted by Crippen LogP contribution is 2.49. The zero-order valence-electron chi connectivity index (χ0n) is 39.6. The van der Waals surface area contributed by atoms with E-state index in [-0.39, 0.29) is 44.1 Å². The van der Waals surface area contributed by atoms with Gasteiger partial charge in [0.1, 0.15) is 12.2 Å². The molecular weight excluding hydrogens is 849 g/mol. The average Bonchev–Trinajstić information content (AvgIpc) is 3.19. The summed E-state index contributed by atoms with van der Waals surface area (Å²) in [4.78, 5) is 63.4. The van der Waals surface area contributed by atoms with Crippen molar-refractivity contribution in [2.75, 3.05) is 14.2 Å². The topological polar surface area (TPSA) is 240 Å². The van der Waals surface area contributed by atoms with Crippen LogP contribution in [0.3, 0.4) is 0 Å². The van der Waals surface area contributed by atoms with E-state index in [1.54, 1.807) is 46.8 Å². The molecule has 65 heavy (non-hydrogen) atoms. The van der Waals surface area contributed by atoms with Crippen molar-refractivity contribution in [3.05, 3.63) is 60.3 Å². The van der Waals surface area contributed by atoms with Gasteiger partial charge in [-0.3, -0.25) is 9.59 Å². The van der Waals surface area contributed by atoms with Gasteiger partial charge in [-0.05, 0) is 38.2 Å². The molecule has 17 heteroatoms. The number of aliphatic hydroxyl groups is 4. The molecule has 11 atom stereocenters. The molecule has 3 aliphatic rings. The van der Waals surface area contributed by atoms with Gasteiger partial charge in [-0.15, -0.1) is 6.58 Å². The molecular formula is C48H72O17. The maximum Gasteiger partial charge on any atom is 0.331 e. The van der Waals surface area contributed by atoms with Crippen molar-refractivity contribution in [1.82, 2.24) is 0 Å². The minimum Gasteiger partial charge on any atom is -0.466 e. The van der Waals surface area contributed by atoms with Crippen LogP contribution in [0.2, 0.25) is 0 Å². The number of unbranched alkanes of at least 4 members (excludes halogenated alkanes) is 1. The largest absolute Gasteiger partial charge is 0.466 e. The number of rotatable bonds is 19. The molecule has 17 nitrogen and oxygen atoms in total. The van der Waals surface area contributed by atoms with Gasteiger partial charge in [-0.2, -0.15) is 0 Å². The first-order valence-electron chi connectivity index (χ1n) is 22.2. The fourth-order valence-corrected chi connectivity index (χ4v) is 8.21. The highest BCUT2D eigenvalue weighted by Gasteiger charge is 2.59. The van der Waals surface area contributed by atoms with Gasteiger partial charge >= 0.3 is 29.8 Å². The Balaban J connectivity index is 1.80. The van der Waals surface area contributed by atoms with Gasteiger partial charge in [0.2, 0.25) is 5.79 Å². The second-order valence-corrected chi connectivity index (χ2v) is 18.7. The predicted molar refractivity (Wildman–Crippen MR) is 235 cm³/mol. The number of ether oxygens (including phenoxy) is 8. The lowest BCUT2D eigenvalue weighted by Gasteiger charge is -2.53. The standard InChI is InChI=1S/C48H72O17/c1-12-14-15-16-17-18-40(52)63-44-32(23-42(54)59-11)22-35(65-48(44,57)45(5,6)7)26-38(29(3)49)62-43(55)25-33(51)24-36-27-39(60-30(4)50)46(8,9)47(56,64-36)28-37-20-31(21-41(53)58-10)19-34(13-2)61-37/h13,15-18,21,23,29,33-39,44,49,51,56-57H,2,12,14,19-20,22,24-28H2,1,3-11H3/b16-15+,18-17+,31-21+,32-23+/t29-,33?,34+,35+,36-,37+,38-,39+,44+,47+,48-/m1/s1. The average molecular weight is 921 g/mol. The molecule has 366 valence electrons. The van der Waals surface area contributed by atoms with Crippen molar-refractivity contribution >= 4 is 29.8 Å². The second-order valence-electron chi connectivity index (χ2n) is 18.7. The van der Waals surface area contributed by atoms with E-state index >= 15 is 0 Å². The van der Waals surface area contributed by atoms with Crippen molar-refractivity contribution in [1.29, 1.82) is 0 Å². The zero-order chi connectivity index (χ0) is 48.9. The van der Waals surface area contributed by atoms with Crippen LogP contribution in [-0.4, -0.2) is 131 Å². The van der Waals surface area contributed by atoms with Crippen molar-refractivity contribution in [2.45, 2.75) is 186 Å². The van der Waals surface area contributed by atoms with E-state index in [4.69, 9.17) is 37.9 Å². The molecule has 0 aromatic rings. The smallest absolute Gasteiger partial charge is 0.331 e. The van der Waals surface area contributed by atoms with Crippen LogP contribution < -0.4 is 0 Å². The van der Waals surface area contributed by atoms with Crippen LogP contribution in [0.15, 0.2) is 60.3 Å². The van der Waals surface area contributed by atoms with Crippen molar-refractivity contribution in [2.24, 2.45) is 10.8 Å². The fraction of sp³-hybridized carbons (Fsp3) is 0.688. The number of esters is 5. The number of aliphatic hydroxyl groups excluding tert-OH is 2. The number of allylic oxidation sites excluding steroid dienone is 3. The lowest BCUT2D eigenvalue weighted by molar-refractivity contribution is -0.348. The molecule has 3 fully saturated rings. The fourth-order valence-electron chi connectivity index (χ4n) is 8.21. The van der Waals surface area contributed by atoms with Gasteiger partial charge < -0.3 is 58.3 Å². The third kappa shape index (κ3) is 15.4. The van der Waals surface area contributed by atoms with Gasteiger partial charge in [-0.1, -0.05) is 77.8 Å². The Labute approximate surface area is 382 Å². The summed E-state index contributed by atoms with van der Waals surface area (Å²) in [6, 6.07) is 0. The van der Waals surface area contributed by atoms with Gasteiger partial charge in [-0.25, -0.2) is 14.4 Å². The molecule has 0 aliphatic carbocycles. The third-order valence-corrected chi connectivity index (χ3v) is 12.1. The Kier molecular flexibility index (Phi) is 20.3. The Morgan fingerprint density at radius 1 is 0.892 bits per heavy atom. The molecule has 1 unspecified atom stereocenters. The van der Waals surface area contributed by atoms with E-state index < -0.39 is 114 Å². The summed E-state index contributed by atoms with van der Waals surface area (Å²) in [5.41, 5.74) is -1.45. The first-order valence-corrected chi connectivity index (χ1v) is 22.2. The SMILES string of the molecule is C=C[C@H]1C/C(=C\C(=O)OC)C[C@@H](C[C@]2(O)O[C@H](CC(O)CC(=O)O[C@H](C[C@@H]3C/C(=C\C(=O)OC)[C@H](OC(=O)/C=C/C=C/CCC)[C@](O)(C(C)(C)C)O3)[C@@H](C)O)C[C@H](OC(C)=O)C2(C)C)O1. The van der Waals surface area contributed by atoms with E-state index in [2.05, 4.69) is 6.58 Å². The summed E-state index contributed by atoms with van der Waals surface area (Å²) in [5, 5.41) is 46.5. The van der Waals surface area contributed by atoms with Crippen molar-refractivity contribution in [3.63, 3.8) is 0 Å².